The van der Waals surface area contributed by atoms with Crippen LogP contribution in [-0.2, 0) is 10.0 Å². The van der Waals surface area contributed by atoms with Crippen LogP contribution in [0.2, 0.25) is 0 Å². The lowest BCUT2D eigenvalue weighted by atomic mass is 10.2. The molecule has 0 fully saturated rings. The highest BCUT2D eigenvalue weighted by atomic mass is 32.2. The van der Waals surface area contributed by atoms with Crippen LogP contribution in [0.4, 0.5) is 5.69 Å². The first-order chi connectivity index (χ1) is 10.4. The highest BCUT2D eigenvalue weighted by Crippen LogP contribution is 2.17. The van der Waals surface area contributed by atoms with Gasteiger partial charge in [-0.05, 0) is 6.07 Å². The van der Waals surface area contributed by atoms with Gasteiger partial charge < -0.3 is 0 Å². The smallest absolute Gasteiger partial charge is 0.270 e. The van der Waals surface area contributed by atoms with Gasteiger partial charge in [0.1, 0.15) is 5.84 Å². The molecule has 0 aliphatic carbocycles. The molecule has 0 heterocycles. The fourth-order valence-electron chi connectivity index (χ4n) is 1.78. The highest BCUT2D eigenvalue weighted by Gasteiger charge is 2.19. The van der Waals surface area contributed by atoms with E-state index in [9.17, 15) is 18.5 Å². The Labute approximate surface area is 127 Å². The van der Waals surface area contributed by atoms with Crippen molar-refractivity contribution in [3.63, 3.8) is 0 Å². The van der Waals surface area contributed by atoms with Crippen molar-refractivity contribution in [1.82, 2.24) is 4.72 Å². The predicted molar refractivity (Wildman–Crippen MR) is 82.3 cm³/mol. The number of hydrogen-bond acceptors (Lipinski definition) is 5. The Morgan fingerprint density at radius 2 is 1.82 bits per heavy atom. The molecule has 0 atom stereocenters. The molecule has 0 spiro atoms. The zero-order valence-electron chi connectivity index (χ0n) is 11.6. The molecule has 0 saturated heterocycles. The summed E-state index contributed by atoms with van der Waals surface area (Å²) in [6.45, 7) is 0. The molecule has 22 heavy (non-hydrogen) atoms. The molecular weight excluding hydrogens is 306 g/mol. The monoisotopic (exact) mass is 319 g/mol. The first-order valence-corrected chi connectivity index (χ1v) is 7.72. The lowest BCUT2D eigenvalue weighted by Crippen LogP contribution is -2.31. The van der Waals surface area contributed by atoms with E-state index in [0.29, 0.717) is 5.56 Å². The normalized spacial score (nSPS) is 12.0. The molecule has 2 aromatic rings. The van der Waals surface area contributed by atoms with Gasteiger partial charge in [0.05, 0.1) is 9.82 Å². The van der Waals surface area contributed by atoms with Crippen molar-refractivity contribution in [2.75, 3.05) is 7.05 Å². The second-order valence-electron chi connectivity index (χ2n) is 4.30. The summed E-state index contributed by atoms with van der Waals surface area (Å²) in [5.74, 6) is 0.159. The third kappa shape index (κ3) is 3.47. The number of nitro benzene ring substituents is 1. The number of nitro groups is 1. The molecule has 114 valence electrons. The van der Waals surface area contributed by atoms with Crippen LogP contribution in [0, 0.1) is 10.1 Å². The van der Waals surface area contributed by atoms with E-state index in [0.717, 1.165) is 6.07 Å². The number of non-ortho nitro benzene ring substituents is 1. The van der Waals surface area contributed by atoms with Crippen LogP contribution in [-0.4, -0.2) is 26.2 Å². The summed E-state index contributed by atoms with van der Waals surface area (Å²) >= 11 is 0. The maximum absolute atomic E-state index is 12.3. The van der Waals surface area contributed by atoms with Crippen LogP contribution in [0.15, 0.2) is 64.5 Å². The minimum atomic E-state index is -3.96. The van der Waals surface area contributed by atoms with Gasteiger partial charge in [-0.1, -0.05) is 36.4 Å². The summed E-state index contributed by atoms with van der Waals surface area (Å²) in [6, 6.07) is 13.5. The Morgan fingerprint density at radius 3 is 2.41 bits per heavy atom. The van der Waals surface area contributed by atoms with Gasteiger partial charge in [0.15, 0.2) is 0 Å². The van der Waals surface area contributed by atoms with Crippen LogP contribution in [0.1, 0.15) is 5.56 Å². The number of hydrogen-bond donors (Lipinski definition) is 1. The van der Waals surface area contributed by atoms with Gasteiger partial charge in [-0.2, -0.15) is 0 Å². The van der Waals surface area contributed by atoms with E-state index in [1.807, 2.05) is 0 Å². The molecule has 0 bridgehead atoms. The third-order valence-electron chi connectivity index (χ3n) is 2.84. The number of nitrogens with zero attached hydrogens (tertiary/aromatic N) is 2. The molecule has 2 aromatic carbocycles. The second-order valence-corrected chi connectivity index (χ2v) is 5.98. The Balaban J connectivity index is 2.35. The largest absolute Gasteiger partial charge is 0.271 e. The van der Waals surface area contributed by atoms with Crippen LogP contribution >= 0.6 is 0 Å². The maximum atomic E-state index is 12.3. The van der Waals surface area contributed by atoms with Gasteiger partial charge in [0.2, 0.25) is 0 Å². The number of aliphatic imine (C=N–C) groups is 1. The van der Waals surface area contributed by atoms with Crippen LogP contribution in [0.5, 0.6) is 0 Å². The average Bonchev–Trinajstić information content (AvgIpc) is 2.53. The Kier molecular flexibility index (Phi) is 4.52. The Bertz CT molecular complexity index is 817. The summed E-state index contributed by atoms with van der Waals surface area (Å²) in [5.41, 5.74) is 0.302. The van der Waals surface area contributed by atoms with E-state index >= 15 is 0 Å². The summed E-state index contributed by atoms with van der Waals surface area (Å²) in [4.78, 5) is 13.8. The molecule has 8 heteroatoms. The fraction of sp³-hybridized carbons (Fsp3) is 0.0714. The Hall–Kier alpha value is -2.74. The molecule has 0 aliphatic heterocycles. The molecule has 0 saturated carbocycles. The summed E-state index contributed by atoms with van der Waals surface area (Å²) in [6.07, 6.45) is 0. The molecule has 7 nitrogen and oxygen atoms in total. The topological polar surface area (TPSA) is 102 Å². The number of amidine groups is 1. The molecular formula is C14H13N3O4S. The minimum absolute atomic E-state index is 0.159. The number of benzene rings is 2. The van der Waals surface area contributed by atoms with Crippen LogP contribution in [0.3, 0.4) is 0 Å². The van der Waals surface area contributed by atoms with E-state index in [-0.39, 0.29) is 16.4 Å². The quantitative estimate of drug-likeness (QED) is 0.403. The lowest BCUT2D eigenvalue weighted by molar-refractivity contribution is -0.385. The van der Waals surface area contributed by atoms with Crippen molar-refractivity contribution in [3.8, 4) is 0 Å². The van der Waals surface area contributed by atoms with E-state index in [4.69, 9.17) is 0 Å². The minimum Gasteiger partial charge on any atom is -0.271 e. The zero-order valence-corrected chi connectivity index (χ0v) is 12.4. The highest BCUT2D eigenvalue weighted by molar-refractivity contribution is 7.90. The zero-order chi connectivity index (χ0) is 16.2. The van der Waals surface area contributed by atoms with E-state index in [1.165, 1.54) is 25.2 Å². The molecule has 1 N–H and O–H groups in total. The van der Waals surface area contributed by atoms with Gasteiger partial charge >= 0.3 is 0 Å². The molecule has 0 radical (unpaired) electrons. The van der Waals surface area contributed by atoms with Gasteiger partial charge in [0, 0.05) is 24.7 Å². The van der Waals surface area contributed by atoms with Gasteiger partial charge in [-0.15, -0.1) is 0 Å². The van der Waals surface area contributed by atoms with Crippen LogP contribution in [0.25, 0.3) is 0 Å². The Morgan fingerprint density at radius 1 is 1.14 bits per heavy atom. The second kappa shape index (κ2) is 6.35. The van der Waals surface area contributed by atoms with Crippen LogP contribution < -0.4 is 4.72 Å². The van der Waals surface area contributed by atoms with Gasteiger partial charge in [-0.3, -0.25) is 19.8 Å². The standard InChI is InChI=1S/C14H13N3O4S/c1-15-14(11-6-3-2-4-7-11)16-22(20,21)13-9-5-8-12(10-13)17(18)19/h2-10H,1H3,(H,15,16). The average molecular weight is 319 g/mol. The first kappa shape index (κ1) is 15.6. The molecule has 0 unspecified atom stereocenters. The van der Waals surface area contributed by atoms with Crippen molar-refractivity contribution in [3.05, 3.63) is 70.3 Å². The van der Waals surface area contributed by atoms with Crippen molar-refractivity contribution in [2.45, 2.75) is 4.90 Å². The van der Waals surface area contributed by atoms with Crippen molar-refractivity contribution >= 4 is 21.5 Å². The molecule has 0 aliphatic rings. The van der Waals surface area contributed by atoms with E-state index in [1.54, 1.807) is 30.3 Å². The number of sulfonamides is 1. The molecule has 0 amide bonds. The molecule has 0 aromatic heterocycles. The van der Waals surface area contributed by atoms with Crippen molar-refractivity contribution in [1.29, 1.82) is 0 Å². The summed E-state index contributed by atoms with van der Waals surface area (Å²) in [7, 11) is -2.50. The van der Waals surface area contributed by atoms with E-state index < -0.39 is 14.9 Å². The number of rotatable bonds is 4. The summed E-state index contributed by atoms with van der Waals surface area (Å²) in [5, 5.41) is 10.7. The molecule has 2 rings (SSSR count). The summed E-state index contributed by atoms with van der Waals surface area (Å²) < 4.78 is 27.0. The van der Waals surface area contributed by atoms with Gasteiger partial charge in [0.25, 0.3) is 15.7 Å². The fourth-order valence-corrected chi connectivity index (χ4v) is 2.90. The number of nitrogens with one attached hydrogen (secondary N) is 1. The van der Waals surface area contributed by atoms with Crippen molar-refractivity contribution < 1.29 is 13.3 Å². The maximum Gasteiger partial charge on any atom is 0.270 e. The van der Waals surface area contributed by atoms with Crippen molar-refractivity contribution in [2.24, 2.45) is 4.99 Å². The lowest BCUT2D eigenvalue weighted by Gasteiger charge is -2.10. The predicted octanol–water partition coefficient (Wildman–Crippen LogP) is 1.95. The van der Waals surface area contributed by atoms with E-state index in [2.05, 4.69) is 9.71 Å². The first-order valence-electron chi connectivity index (χ1n) is 6.23. The third-order valence-corrected chi connectivity index (χ3v) is 4.18. The SMILES string of the molecule is CN=C(NS(=O)(=O)c1cccc([N+](=O)[O-])c1)c1ccccc1. The van der Waals surface area contributed by atoms with Gasteiger partial charge in [-0.25, -0.2) is 8.42 Å².